The molecular weight excluding hydrogens is 334 g/mol. The number of benzene rings is 2. The largest absolute Gasteiger partial charge is 0.486 e. The monoisotopic (exact) mass is 355 g/mol. The average molecular weight is 355 g/mol. The molecule has 0 atom stereocenters. The van der Waals surface area contributed by atoms with E-state index in [1.807, 2.05) is 32.0 Å². The molecule has 2 aromatic rings. The van der Waals surface area contributed by atoms with E-state index in [0.29, 0.717) is 30.3 Å². The summed E-state index contributed by atoms with van der Waals surface area (Å²) in [7, 11) is 0. The molecule has 0 bridgehead atoms. The SMILES string of the molecule is CCc1cccc(C)c1NC(=O)COC(=O)c1ccc2c(c1)OCCO2. The van der Waals surface area contributed by atoms with Gasteiger partial charge >= 0.3 is 5.97 Å². The molecule has 6 nitrogen and oxygen atoms in total. The fourth-order valence-electron chi connectivity index (χ4n) is 2.76. The first-order valence-electron chi connectivity index (χ1n) is 8.53. The van der Waals surface area contributed by atoms with Crippen LogP contribution in [0, 0.1) is 6.92 Å². The van der Waals surface area contributed by atoms with Gasteiger partial charge in [-0.15, -0.1) is 0 Å². The first-order valence-corrected chi connectivity index (χ1v) is 8.53. The number of para-hydroxylation sites is 1. The lowest BCUT2D eigenvalue weighted by atomic mass is 10.1. The van der Waals surface area contributed by atoms with E-state index in [0.717, 1.165) is 23.2 Å². The molecule has 2 aromatic carbocycles. The maximum absolute atomic E-state index is 12.2. The van der Waals surface area contributed by atoms with Crippen molar-refractivity contribution in [2.24, 2.45) is 0 Å². The van der Waals surface area contributed by atoms with Crippen LogP contribution in [0.2, 0.25) is 0 Å². The topological polar surface area (TPSA) is 73.9 Å². The summed E-state index contributed by atoms with van der Waals surface area (Å²) in [5.41, 5.74) is 3.09. The molecular formula is C20H21NO5. The second kappa shape index (κ2) is 7.91. The Hall–Kier alpha value is -3.02. The van der Waals surface area contributed by atoms with Gasteiger partial charge in [-0.05, 0) is 42.7 Å². The summed E-state index contributed by atoms with van der Waals surface area (Å²) < 4.78 is 16.0. The van der Waals surface area contributed by atoms with E-state index in [1.54, 1.807) is 18.2 Å². The van der Waals surface area contributed by atoms with Gasteiger partial charge in [0.1, 0.15) is 13.2 Å². The van der Waals surface area contributed by atoms with E-state index in [4.69, 9.17) is 14.2 Å². The molecule has 6 heteroatoms. The maximum atomic E-state index is 12.2. The van der Waals surface area contributed by atoms with Gasteiger partial charge < -0.3 is 19.5 Å². The van der Waals surface area contributed by atoms with E-state index in [2.05, 4.69) is 5.32 Å². The zero-order valence-electron chi connectivity index (χ0n) is 14.8. The number of anilines is 1. The molecule has 0 saturated heterocycles. The molecule has 26 heavy (non-hydrogen) atoms. The number of hydrogen-bond donors (Lipinski definition) is 1. The lowest BCUT2D eigenvalue weighted by molar-refractivity contribution is -0.119. The summed E-state index contributed by atoms with van der Waals surface area (Å²) in [6.45, 7) is 4.51. The predicted octanol–water partition coefficient (Wildman–Crippen LogP) is 3.12. The van der Waals surface area contributed by atoms with Gasteiger partial charge in [0.15, 0.2) is 18.1 Å². The fourth-order valence-corrected chi connectivity index (χ4v) is 2.76. The molecule has 0 unspecified atom stereocenters. The lowest BCUT2D eigenvalue weighted by Crippen LogP contribution is -2.22. The molecule has 136 valence electrons. The van der Waals surface area contributed by atoms with Gasteiger partial charge in [-0.1, -0.05) is 25.1 Å². The van der Waals surface area contributed by atoms with E-state index in [-0.39, 0.29) is 12.5 Å². The van der Waals surface area contributed by atoms with Crippen LogP contribution in [0.25, 0.3) is 0 Å². The summed E-state index contributed by atoms with van der Waals surface area (Å²) in [5.74, 6) is 0.136. The quantitative estimate of drug-likeness (QED) is 0.834. The average Bonchev–Trinajstić information content (AvgIpc) is 2.67. The third-order valence-corrected chi connectivity index (χ3v) is 4.12. The maximum Gasteiger partial charge on any atom is 0.338 e. The second-order valence-corrected chi connectivity index (χ2v) is 5.95. The Bertz CT molecular complexity index is 831. The Morgan fingerprint density at radius 1 is 1.12 bits per heavy atom. The van der Waals surface area contributed by atoms with Crippen molar-refractivity contribution >= 4 is 17.6 Å². The van der Waals surface area contributed by atoms with E-state index in [1.165, 1.54) is 0 Å². The zero-order valence-corrected chi connectivity index (χ0v) is 14.8. The Morgan fingerprint density at radius 3 is 2.65 bits per heavy atom. The van der Waals surface area contributed by atoms with Crippen LogP contribution in [-0.4, -0.2) is 31.7 Å². The van der Waals surface area contributed by atoms with Crippen LogP contribution in [0.15, 0.2) is 36.4 Å². The molecule has 0 saturated carbocycles. The number of amides is 1. The first-order chi connectivity index (χ1) is 12.6. The summed E-state index contributed by atoms with van der Waals surface area (Å²) in [5, 5.41) is 2.83. The minimum absolute atomic E-state index is 0.312. The molecule has 0 fully saturated rings. The van der Waals surface area contributed by atoms with E-state index < -0.39 is 5.97 Å². The zero-order chi connectivity index (χ0) is 18.5. The molecule has 1 aliphatic rings. The van der Waals surface area contributed by atoms with E-state index in [9.17, 15) is 9.59 Å². The van der Waals surface area contributed by atoms with Crippen molar-refractivity contribution in [2.75, 3.05) is 25.1 Å². The van der Waals surface area contributed by atoms with Gasteiger partial charge in [0.25, 0.3) is 5.91 Å². The molecule has 0 aliphatic carbocycles. The Labute approximate surface area is 152 Å². The van der Waals surface area contributed by atoms with Gasteiger partial charge in [-0.2, -0.15) is 0 Å². The van der Waals surface area contributed by atoms with Gasteiger partial charge in [0.2, 0.25) is 0 Å². The summed E-state index contributed by atoms with van der Waals surface area (Å²) >= 11 is 0. The van der Waals surface area contributed by atoms with Crippen molar-refractivity contribution in [3.05, 3.63) is 53.1 Å². The third kappa shape index (κ3) is 3.96. The van der Waals surface area contributed by atoms with Gasteiger partial charge in [0, 0.05) is 5.69 Å². The van der Waals surface area contributed by atoms with Crippen LogP contribution in [-0.2, 0) is 16.0 Å². The number of ether oxygens (including phenoxy) is 3. The highest BCUT2D eigenvalue weighted by Gasteiger charge is 2.17. The fraction of sp³-hybridized carbons (Fsp3) is 0.300. The number of carbonyl (C=O) groups is 2. The Balaban J connectivity index is 1.60. The molecule has 0 spiro atoms. The Morgan fingerprint density at radius 2 is 1.88 bits per heavy atom. The molecule has 0 aromatic heterocycles. The van der Waals surface area contributed by atoms with Crippen molar-refractivity contribution in [1.82, 2.24) is 0 Å². The second-order valence-electron chi connectivity index (χ2n) is 5.95. The van der Waals surface area contributed by atoms with Gasteiger partial charge in [-0.3, -0.25) is 4.79 Å². The Kier molecular flexibility index (Phi) is 5.41. The molecule has 3 rings (SSSR count). The molecule has 0 radical (unpaired) electrons. The normalized spacial score (nSPS) is 12.4. The predicted molar refractivity (Wildman–Crippen MR) is 96.9 cm³/mol. The highest BCUT2D eigenvalue weighted by atomic mass is 16.6. The van der Waals surface area contributed by atoms with Gasteiger partial charge in [-0.25, -0.2) is 4.79 Å². The van der Waals surface area contributed by atoms with Crippen molar-refractivity contribution in [2.45, 2.75) is 20.3 Å². The standard InChI is InChI=1S/C20H21NO5/c1-3-14-6-4-5-13(2)19(14)21-18(22)12-26-20(23)15-7-8-16-17(11-15)25-10-9-24-16/h4-8,11H,3,9-10,12H2,1-2H3,(H,21,22). The number of nitrogens with one attached hydrogen (secondary N) is 1. The summed E-state index contributed by atoms with van der Waals surface area (Å²) in [6.07, 6.45) is 0.800. The van der Waals surface area contributed by atoms with Crippen LogP contribution in [0.5, 0.6) is 11.5 Å². The van der Waals surface area contributed by atoms with Crippen LogP contribution >= 0.6 is 0 Å². The van der Waals surface area contributed by atoms with Crippen LogP contribution in [0.1, 0.15) is 28.4 Å². The van der Waals surface area contributed by atoms with Crippen molar-refractivity contribution in [3.63, 3.8) is 0 Å². The van der Waals surface area contributed by atoms with Crippen molar-refractivity contribution in [1.29, 1.82) is 0 Å². The number of carbonyl (C=O) groups excluding carboxylic acids is 2. The van der Waals surface area contributed by atoms with Crippen molar-refractivity contribution in [3.8, 4) is 11.5 Å². The highest BCUT2D eigenvalue weighted by Crippen LogP contribution is 2.31. The molecule has 1 N–H and O–H groups in total. The van der Waals surface area contributed by atoms with Gasteiger partial charge in [0.05, 0.1) is 5.56 Å². The smallest absolute Gasteiger partial charge is 0.338 e. The minimum atomic E-state index is -0.586. The van der Waals surface area contributed by atoms with Crippen LogP contribution in [0.4, 0.5) is 5.69 Å². The third-order valence-electron chi connectivity index (χ3n) is 4.12. The lowest BCUT2D eigenvalue weighted by Gasteiger charge is -2.18. The number of hydrogen-bond acceptors (Lipinski definition) is 5. The van der Waals surface area contributed by atoms with Crippen LogP contribution < -0.4 is 14.8 Å². The molecule has 1 aliphatic heterocycles. The van der Waals surface area contributed by atoms with Crippen LogP contribution in [0.3, 0.4) is 0 Å². The van der Waals surface area contributed by atoms with E-state index >= 15 is 0 Å². The van der Waals surface area contributed by atoms with Crippen molar-refractivity contribution < 1.29 is 23.8 Å². The molecule has 1 heterocycles. The summed E-state index contributed by atoms with van der Waals surface area (Å²) in [4.78, 5) is 24.3. The number of fused-ring (bicyclic) bond motifs is 1. The minimum Gasteiger partial charge on any atom is -0.486 e. The number of esters is 1. The molecule has 1 amide bonds. The number of rotatable bonds is 5. The number of aryl methyl sites for hydroxylation is 2. The highest BCUT2D eigenvalue weighted by molar-refractivity contribution is 5.96. The first kappa shape index (κ1) is 17.8. The summed E-state index contributed by atoms with van der Waals surface area (Å²) in [6, 6.07) is 10.6.